The normalized spacial score (nSPS) is 13.3. The molecule has 21 heavy (non-hydrogen) atoms. The zero-order valence-electron chi connectivity index (χ0n) is 12.3. The van der Waals surface area contributed by atoms with Gasteiger partial charge in [-0.25, -0.2) is 4.79 Å². The molecule has 4 heteroatoms. The zero-order chi connectivity index (χ0) is 15.5. The largest absolute Gasteiger partial charge is 0.467 e. The average Bonchev–Trinajstić information content (AvgIpc) is 2.46. The molecule has 2 aromatic carbocycles. The highest BCUT2D eigenvalue weighted by molar-refractivity contribution is 9.10. The molecular weight excluding hydrogens is 330 g/mol. The topological polar surface area (TPSA) is 38.3 Å². The number of esters is 1. The van der Waals surface area contributed by atoms with Crippen LogP contribution in [-0.4, -0.2) is 13.1 Å². The summed E-state index contributed by atoms with van der Waals surface area (Å²) in [6, 6.07) is 15.5. The highest BCUT2D eigenvalue weighted by Crippen LogP contribution is 2.33. The van der Waals surface area contributed by atoms with Gasteiger partial charge < -0.3 is 10.1 Å². The smallest absolute Gasteiger partial charge is 0.335 e. The molecule has 0 aliphatic carbocycles. The van der Waals surface area contributed by atoms with Crippen molar-refractivity contribution >= 4 is 27.6 Å². The van der Waals surface area contributed by atoms with Gasteiger partial charge in [0.15, 0.2) is 5.54 Å². The Kier molecular flexibility index (Phi) is 4.68. The van der Waals surface area contributed by atoms with Crippen LogP contribution in [0.15, 0.2) is 53.0 Å². The molecule has 110 valence electrons. The Morgan fingerprint density at radius 2 is 1.90 bits per heavy atom. The third-order valence-corrected chi connectivity index (χ3v) is 4.11. The third-order valence-electron chi connectivity index (χ3n) is 3.42. The Morgan fingerprint density at radius 3 is 2.52 bits per heavy atom. The van der Waals surface area contributed by atoms with E-state index >= 15 is 0 Å². The molecule has 0 aliphatic rings. The van der Waals surface area contributed by atoms with Gasteiger partial charge in [0.05, 0.1) is 7.11 Å². The van der Waals surface area contributed by atoms with E-state index in [1.54, 1.807) is 0 Å². The van der Waals surface area contributed by atoms with E-state index in [0.29, 0.717) is 0 Å². The Morgan fingerprint density at radius 1 is 1.19 bits per heavy atom. The van der Waals surface area contributed by atoms with Gasteiger partial charge in [-0.05, 0) is 37.6 Å². The summed E-state index contributed by atoms with van der Waals surface area (Å²) < 4.78 is 5.86. The molecule has 0 aliphatic heterocycles. The van der Waals surface area contributed by atoms with Crippen LogP contribution in [0.5, 0.6) is 0 Å². The number of anilines is 1. The minimum absolute atomic E-state index is 0.337. The molecule has 0 bridgehead atoms. The van der Waals surface area contributed by atoms with Crippen molar-refractivity contribution in [3.8, 4) is 0 Å². The van der Waals surface area contributed by atoms with E-state index in [4.69, 9.17) is 4.74 Å². The Labute approximate surface area is 133 Å². The molecule has 0 aromatic heterocycles. The Balaban J connectivity index is 2.48. The van der Waals surface area contributed by atoms with Crippen molar-refractivity contribution in [3.05, 3.63) is 64.1 Å². The lowest BCUT2D eigenvalue weighted by molar-refractivity contribution is -0.145. The molecular formula is C17H18BrNO2. The van der Waals surface area contributed by atoms with Gasteiger partial charge in [-0.15, -0.1) is 0 Å². The maximum atomic E-state index is 12.4. The summed E-state index contributed by atoms with van der Waals surface area (Å²) in [6.07, 6.45) is 0. The number of hydrogen-bond donors (Lipinski definition) is 1. The van der Waals surface area contributed by atoms with Crippen molar-refractivity contribution in [1.29, 1.82) is 0 Å². The molecule has 0 heterocycles. The number of carbonyl (C=O) groups is 1. The quantitative estimate of drug-likeness (QED) is 0.839. The number of nitrogens with one attached hydrogen (secondary N) is 1. The van der Waals surface area contributed by atoms with E-state index in [9.17, 15) is 4.79 Å². The summed E-state index contributed by atoms with van der Waals surface area (Å²) in [7, 11) is 1.40. The highest BCUT2D eigenvalue weighted by Gasteiger charge is 2.37. The van der Waals surface area contributed by atoms with Gasteiger partial charge in [-0.1, -0.05) is 46.3 Å². The summed E-state index contributed by atoms with van der Waals surface area (Å²) in [5, 5.41) is 3.30. The number of benzene rings is 2. The first-order valence-corrected chi connectivity index (χ1v) is 7.45. The third kappa shape index (κ3) is 3.27. The van der Waals surface area contributed by atoms with Gasteiger partial charge in [0.2, 0.25) is 0 Å². The molecule has 2 aromatic rings. The molecule has 0 amide bonds. The van der Waals surface area contributed by atoms with Crippen molar-refractivity contribution in [1.82, 2.24) is 0 Å². The number of rotatable bonds is 4. The van der Waals surface area contributed by atoms with Crippen LogP contribution in [0.2, 0.25) is 0 Å². The van der Waals surface area contributed by atoms with E-state index < -0.39 is 5.54 Å². The van der Waals surface area contributed by atoms with E-state index in [2.05, 4.69) is 21.2 Å². The van der Waals surface area contributed by atoms with Gasteiger partial charge >= 0.3 is 5.97 Å². The van der Waals surface area contributed by atoms with Crippen LogP contribution in [0.4, 0.5) is 5.69 Å². The Bertz CT molecular complexity index is 657. The number of hydrogen-bond acceptors (Lipinski definition) is 3. The average molecular weight is 348 g/mol. The van der Waals surface area contributed by atoms with Crippen molar-refractivity contribution in [2.75, 3.05) is 12.4 Å². The summed E-state index contributed by atoms with van der Waals surface area (Å²) in [4.78, 5) is 12.4. The second-order valence-corrected chi connectivity index (χ2v) is 5.95. The first-order chi connectivity index (χ1) is 9.97. The molecule has 2 rings (SSSR count). The molecule has 1 N–H and O–H groups in total. The lowest BCUT2D eigenvalue weighted by atomic mass is 9.91. The van der Waals surface area contributed by atoms with Crippen LogP contribution in [0, 0.1) is 6.92 Å². The van der Waals surface area contributed by atoms with Crippen molar-refractivity contribution in [2.45, 2.75) is 19.4 Å². The predicted octanol–water partition coefficient (Wildman–Crippen LogP) is 4.26. The second kappa shape index (κ2) is 6.31. The standard InChI is InChI=1S/C17H18BrNO2/c1-12-7-6-8-13(11-12)19-17(2,16(20)21-3)14-9-4-5-10-15(14)18/h4-11,19H,1-3H3. The summed E-state index contributed by atoms with van der Waals surface area (Å²) in [6.45, 7) is 3.83. The summed E-state index contributed by atoms with van der Waals surface area (Å²) >= 11 is 3.51. The fraction of sp³-hybridized carbons (Fsp3) is 0.235. The SMILES string of the molecule is COC(=O)C(C)(Nc1cccc(C)c1)c1ccccc1Br. The fourth-order valence-corrected chi connectivity index (χ4v) is 2.99. The number of carbonyl (C=O) groups excluding carboxylic acids is 1. The fourth-order valence-electron chi connectivity index (χ4n) is 2.31. The van der Waals surface area contributed by atoms with E-state index in [0.717, 1.165) is 21.3 Å². The van der Waals surface area contributed by atoms with Crippen LogP contribution >= 0.6 is 15.9 Å². The molecule has 0 saturated carbocycles. The van der Waals surface area contributed by atoms with E-state index in [-0.39, 0.29) is 5.97 Å². The van der Waals surface area contributed by atoms with E-state index in [1.165, 1.54) is 7.11 Å². The minimum atomic E-state index is -0.970. The predicted molar refractivity (Wildman–Crippen MR) is 88.3 cm³/mol. The number of methoxy groups -OCH3 is 1. The van der Waals surface area contributed by atoms with Crippen LogP contribution < -0.4 is 5.32 Å². The minimum Gasteiger partial charge on any atom is -0.467 e. The lowest BCUT2D eigenvalue weighted by Crippen LogP contribution is -2.41. The molecule has 0 fully saturated rings. The second-order valence-electron chi connectivity index (χ2n) is 5.09. The molecule has 0 saturated heterocycles. The van der Waals surface area contributed by atoms with E-state index in [1.807, 2.05) is 62.4 Å². The molecule has 1 unspecified atom stereocenters. The first kappa shape index (κ1) is 15.6. The summed E-state index contributed by atoms with van der Waals surface area (Å²) in [5.41, 5.74) is 1.86. The molecule has 0 radical (unpaired) electrons. The number of aryl methyl sites for hydroxylation is 1. The first-order valence-electron chi connectivity index (χ1n) is 6.65. The highest BCUT2D eigenvalue weighted by atomic mass is 79.9. The number of ether oxygens (including phenoxy) is 1. The molecule has 0 spiro atoms. The van der Waals surface area contributed by atoms with Crippen LogP contribution in [0.3, 0.4) is 0 Å². The summed E-state index contributed by atoms with van der Waals surface area (Å²) in [5.74, 6) is -0.337. The van der Waals surface area contributed by atoms with Crippen molar-refractivity contribution in [2.24, 2.45) is 0 Å². The van der Waals surface area contributed by atoms with Crippen LogP contribution in [0.1, 0.15) is 18.1 Å². The van der Waals surface area contributed by atoms with Crippen molar-refractivity contribution < 1.29 is 9.53 Å². The number of halogens is 1. The lowest BCUT2D eigenvalue weighted by Gasteiger charge is -2.30. The monoisotopic (exact) mass is 347 g/mol. The maximum Gasteiger partial charge on any atom is 0.335 e. The van der Waals surface area contributed by atoms with Gasteiger partial charge in [0.25, 0.3) is 0 Å². The Hall–Kier alpha value is -1.81. The van der Waals surface area contributed by atoms with Crippen LogP contribution in [-0.2, 0) is 15.1 Å². The van der Waals surface area contributed by atoms with Gasteiger partial charge in [0.1, 0.15) is 0 Å². The van der Waals surface area contributed by atoms with Gasteiger partial charge in [-0.2, -0.15) is 0 Å². The molecule has 3 nitrogen and oxygen atoms in total. The zero-order valence-corrected chi connectivity index (χ0v) is 13.9. The maximum absolute atomic E-state index is 12.4. The molecule has 1 atom stereocenters. The van der Waals surface area contributed by atoms with Gasteiger partial charge in [-0.3, -0.25) is 0 Å². The van der Waals surface area contributed by atoms with Gasteiger partial charge in [0, 0.05) is 15.7 Å². The van der Waals surface area contributed by atoms with Crippen LogP contribution in [0.25, 0.3) is 0 Å². The van der Waals surface area contributed by atoms with Crippen molar-refractivity contribution in [3.63, 3.8) is 0 Å².